The number of hydrogen-bond donors (Lipinski definition) is 2. The Bertz CT molecular complexity index is 1100. The number of amides is 1. The van der Waals surface area contributed by atoms with Crippen molar-refractivity contribution in [2.45, 2.75) is 37.1 Å². The zero-order chi connectivity index (χ0) is 21.5. The summed E-state index contributed by atoms with van der Waals surface area (Å²) in [6.07, 6.45) is -1.50. The number of carbonyl (C=O) groups excluding carboxylic acids is 2. The van der Waals surface area contributed by atoms with E-state index in [0.29, 0.717) is 0 Å². The summed E-state index contributed by atoms with van der Waals surface area (Å²) < 4.78 is 68.0. The van der Waals surface area contributed by atoms with Gasteiger partial charge in [0.15, 0.2) is 0 Å². The topological polar surface area (TPSA) is 97.3 Å². The van der Waals surface area contributed by atoms with Gasteiger partial charge in [-0.3, -0.25) is 9.59 Å². The summed E-state index contributed by atoms with van der Waals surface area (Å²) in [4.78, 5) is 24.3. The third kappa shape index (κ3) is 4.06. The third-order valence-electron chi connectivity index (χ3n) is 4.71. The molecule has 7 nitrogen and oxygen atoms in total. The van der Waals surface area contributed by atoms with Crippen molar-refractivity contribution in [3.63, 3.8) is 0 Å². The van der Waals surface area contributed by atoms with Gasteiger partial charge >= 0.3 is 0 Å². The Hall–Kier alpha value is -2.66. The number of nitrogens with one attached hydrogen (secondary N) is 2. The number of aromatic nitrogens is 1. The van der Waals surface area contributed by atoms with E-state index in [1.807, 2.05) is 0 Å². The zero-order valence-corrected chi connectivity index (χ0v) is 16.3. The highest BCUT2D eigenvalue weighted by atomic mass is 32.2. The average Bonchev–Trinajstić information content (AvgIpc) is 2.90. The first-order chi connectivity index (χ1) is 13.5. The quantitative estimate of drug-likeness (QED) is 0.781. The molecule has 11 heteroatoms. The molecule has 1 atom stereocenters. The van der Waals surface area contributed by atoms with Crippen molar-refractivity contribution < 1.29 is 31.2 Å². The van der Waals surface area contributed by atoms with Crippen LogP contribution in [0.1, 0.15) is 41.4 Å². The lowest BCUT2D eigenvalue weighted by molar-refractivity contribution is -0.118. The summed E-state index contributed by atoms with van der Waals surface area (Å²) in [5.41, 5.74) is -0.683. The van der Waals surface area contributed by atoms with Gasteiger partial charge in [0.05, 0.1) is 11.6 Å². The molecule has 2 heterocycles. The van der Waals surface area contributed by atoms with Gasteiger partial charge in [-0.2, -0.15) is 0 Å². The molecule has 0 fully saturated rings. The van der Waals surface area contributed by atoms with Crippen molar-refractivity contribution in [3.05, 3.63) is 47.0 Å². The molecule has 0 saturated carbocycles. The molecule has 0 bridgehead atoms. The number of aryl methyl sites for hydroxylation is 1. The molecule has 0 aliphatic carbocycles. The number of nitrogens with zero attached hydrogens (tertiary/aromatic N) is 1. The molecule has 1 amide bonds. The Labute approximate surface area is 165 Å². The van der Waals surface area contributed by atoms with Crippen molar-refractivity contribution in [1.82, 2.24) is 9.29 Å². The molecule has 29 heavy (non-hydrogen) atoms. The Morgan fingerprint density at radius 3 is 2.62 bits per heavy atom. The van der Waals surface area contributed by atoms with E-state index in [4.69, 9.17) is 0 Å². The fourth-order valence-electron chi connectivity index (χ4n) is 3.28. The number of fused-ring (bicyclic) bond motifs is 1. The maximum Gasteiger partial charge on any atom is 0.272 e. The second-order valence-corrected chi connectivity index (χ2v) is 8.43. The third-order valence-corrected chi connectivity index (χ3v) is 6.24. The minimum absolute atomic E-state index is 0.0116. The van der Waals surface area contributed by atoms with E-state index in [1.54, 1.807) is 0 Å². The van der Waals surface area contributed by atoms with Gasteiger partial charge in [-0.25, -0.2) is 26.3 Å². The molecule has 2 N–H and O–H groups in total. The van der Waals surface area contributed by atoms with Crippen molar-refractivity contribution in [3.8, 4) is 0 Å². The van der Waals surface area contributed by atoms with Crippen molar-refractivity contribution in [2.24, 2.45) is 7.05 Å². The lowest BCUT2D eigenvalue weighted by atomic mass is 10.0. The van der Waals surface area contributed by atoms with E-state index >= 15 is 0 Å². The van der Waals surface area contributed by atoms with Gasteiger partial charge in [0.25, 0.3) is 12.3 Å². The van der Waals surface area contributed by atoms with Crippen LogP contribution in [0, 0.1) is 5.82 Å². The van der Waals surface area contributed by atoms with E-state index < -0.39 is 39.8 Å². The van der Waals surface area contributed by atoms with Crippen LogP contribution >= 0.6 is 0 Å². The number of halogens is 3. The van der Waals surface area contributed by atoms with Crippen LogP contribution in [0.3, 0.4) is 0 Å². The molecule has 3 rings (SSSR count). The van der Waals surface area contributed by atoms with E-state index in [2.05, 4.69) is 10.0 Å². The number of Topliss-reactive ketones (excluding diaryl/α,β-unsaturated/α-hetero) is 1. The fourth-order valence-corrected chi connectivity index (χ4v) is 4.89. The second-order valence-electron chi connectivity index (χ2n) is 6.75. The minimum atomic E-state index is -4.02. The summed E-state index contributed by atoms with van der Waals surface area (Å²) >= 11 is 0. The standard InChI is InChI=1S/C18H18F3N3O4S/c1-9(25)14-6-4-11-15(29(27,28)23-14)8-24(2)16(11)18(26)22-10-3-5-13(19)12(7-10)17(20)21/h3,5,7-8,14,17,23H,4,6H2,1-2H3,(H,22,26)/t14-/m1/s1. The predicted molar refractivity (Wildman–Crippen MR) is 97.8 cm³/mol. The summed E-state index contributed by atoms with van der Waals surface area (Å²) in [7, 11) is -2.56. The molecule has 0 unspecified atom stereocenters. The number of rotatable bonds is 4. The van der Waals surface area contributed by atoms with Crippen LogP contribution in [0.2, 0.25) is 0 Å². The minimum Gasteiger partial charge on any atom is -0.345 e. The maximum atomic E-state index is 13.5. The van der Waals surface area contributed by atoms with Crippen LogP contribution in [-0.4, -0.2) is 30.7 Å². The SMILES string of the molecule is CC(=O)[C@H]1CCc2c(cn(C)c2C(=O)Nc2ccc(F)c(C(F)F)c2)S(=O)(=O)N1. The number of sulfonamides is 1. The predicted octanol–water partition coefficient (Wildman–Crippen LogP) is 2.54. The molecule has 2 aromatic rings. The highest BCUT2D eigenvalue weighted by Crippen LogP contribution is 2.29. The fraction of sp³-hybridized carbons (Fsp3) is 0.333. The van der Waals surface area contributed by atoms with E-state index in [9.17, 15) is 31.2 Å². The number of carbonyl (C=O) groups is 2. The molecule has 1 aromatic carbocycles. The summed E-state index contributed by atoms with van der Waals surface area (Å²) in [5, 5.41) is 2.40. The lowest BCUT2D eigenvalue weighted by Gasteiger charge is -2.12. The van der Waals surface area contributed by atoms with Gasteiger partial charge < -0.3 is 9.88 Å². The van der Waals surface area contributed by atoms with Crippen LogP contribution < -0.4 is 10.0 Å². The Morgan fingerprint density at radius 2 is 2.00 bits per heavy atom. The first kappa shape index (κ1) is 21.1. The van der Waals surface area contributed by atoms with Gasteiger partial charge in [0.2, 0.25) is 10.0 Å². The Morgan fingerprint density at radius 1 is 1.31 bits per heavy atom. The molecule has 1 aliphatic heterocycles. The van der Waals surface area contributed by atoms with Gasteiger partial charge in [-0.15, -0.1) is 0 Å². The van der Waals surface area contributed by atoms with Crippen molar-refractivity contribution in [2.75, 3.05) is 5.32 Å². The monoisotopic (exact) mass is 429 g/mol. The lowest BCUT2D eigenvalue weighted by Crippen LogP contribution is -2.38. The van der Waals surface area contributed by atoms with Crippen molar-refractivity contribution in [1.29, 1.82) is 0 Å². The van der Waals surface area contributed by atoms with E-state index in [1.165, 1.54) is 24.7 Å². The summed E-state index contributed by atoms with van der Waals surface area (Å²) in [5.74, 6) is -2.19. The highest BCUT2D eigenvalue weighted by molar-refractivity contribution is 7.89. The highest BCUT2D eigenvalue weighted by Gasteiger charge is 2.34. The van der Waals surface area contributed by atoms with Crippen LogP contribution in [0.15, 0.2) is 29.3 Å². The van der Waals surface area contributed by atoms with Crippen LogP contribution in [0.4, 0.5) is 18.9 Å². The molecule has 0 spiro atoms. The van der Waals surface area contributed by atoms with Crippen LogP contribution in [-0.2, 0) is 28.3 Å². The van der Waals surface area contributed by atoms with E-state index in [-0.39, 0.29) is 40.5 Å². The zero-order valence-electron chi connectivity index (χ0n) is 15.5. The first-order valence-electron chi connectivity index (χ1n) is 8.61. The Balaban J connectivity index is 1.97. The van der Waals surface area contributed by atoms with E-state index in [0.717, 1.165) is 18.2 Å². The molecule has 0 saturated heterocycles. The smallest absolute Gasteiger partial charge is 0.272 e. The summed E-state index contributed by atoms with van der Waals surface area (Å²) in [6, 6.07) is 1.86. The van der Waals surface area contributed by atoms with Crippen LogP contribution in [0.5, 0.6) is 0 Å². The number of ketones is 1. The molecule has 156 valence electrons. The van der Waals surface area contributed by atoms with Gasteiger partial charge in [0.1, 0.15) is 22.2 Å². The van der Waals surface area contributed by atoms with Crippen LogP contribution in [0.25, 0.3) is 0 Å². The maximum absolute atomic E-state index is 13.5. The Kier molecular flexibility index (Phi) is 5.54. The van der Waals surface area contributed by atoms with Crippen molar-refractivity contribution >= 4 is 27.4 Å². The molecular formula is C18H18F3N3O4S. The molecule has 0 radical (unpaired) electrons. The number of hydrogen-bond acceptors (Lipinski definition) is 4. The average molecular weight is 429 g/mol. The summed E-state index contributed by atoms with van der Waals surface area (Å²) in [6.45, 7) is 1.27. The number of alkyl halides is 2. The van der Waals surface area contributed by atoms with Gasteiger partial charge in [0, 0.05) is 24.5 Å². The largest absolute Gasteiger partial charge is 0.345 e. The number of anilines is 1. The number of benzene rings is 1. The molecule has 1 aliphatic rings. The van der Waals surface area contributed by atoms with Gasteiger partial charge in [-0.05, 0) is 38.0 Å². The first-order valence-corrected chi connectivity index (χ1v) is 10.1. The van der Waals surface area contributed by atoms with Gasteiger partial charge in [-0.1, -0.05) is 0 Å². The normalized spacial score (nSPS) is 18.2. The second kappa shape index (κ2) is 7.64. The molecule has 1 aromatic heterocycles. The molecular weight excluding hydrogens is 411 g/mol.